The van der Waals surface area contributed by atoms with Gasteiger partial charge < -0.3 is 10.6 Å². The average Bonchev–Trinajstić information content (AvgIpc) is 2.58. The predicted octanol–water partition coefficient (Wildman–Crippen LogP) is 3.74. The van der Waals surface area contributed by atoms with Crippen LogP contribution in [0.5, 0.6) is 0 Å². The SMILES string of the molecule is C[C@H](NC(=O)CN(C)CC(=O)Nc1ccc(Cl)c(Cl)c1)c1ccccc1. The number of carbonyl (C=O) groups excluding carboxylic acids is 2. The third-order valence-corrected chi connectivity index (χ3v) is 4.45. The van der Waals surface area contributed by atoms with Crippen LogP contribution in [-0.2, 0) is 9.59 Å². The van der Waals surface area contributed by atoms with E-state index in [1.54, 1.807) is 30.1 Å². The maximum absolute atomic E-state index is 12.1. The number of rotatable bonds is 7. The monoisotopic (exact) mass is 393 g/mol. The fraction of sp³-hybridized carbons (Fsp3) is 0.263. The Labute approximate surface area is 163 Å². The molecule has 138 valence electrons. The number of halogens is 2. The van der Waals surface area contributed by atoms with Crippen molar-refractivity contribution in [2.75, 3.05) is 25.5 Å². The first kappa shape index (κ1) is 20.2. The molecule has 5 nitrogen and oxygen atoms in total. The van der Waals surface area contributed by atoms with Crippen LogP contribution in [0.2, 0.25) is 10.0 Å². The molecule has 26 heavy (non-hydrogen) atoms. The lowest BCUT2D eigenvalue weighted by Crippen LogP contribution is -2.39. The molecule has 0 aromatic heterocycles. The van der Waals surface area contributed by atoms with Gasteiger partial charge in [-0.2, -0.15) is 0 Å². The number of amides is 2. The van der Waals surface area contributed by atoms with Crippen molar-refractivity contribution in [2.45, 2.75) is 13.0 Å². The van der Waals surface area contributed by atoms with Gasteiger partial charge in [-0.25, -0.2) is 0 Å². The summed E-state index contributed by atoms with van der Waals surface area (Å²) in [7, 11) is 1.71. The van der Waals surface area contributed by atoms with E-state index in [1.807, 2.05) is 37.3 Å². The summed E-state index contributed by atoms with van der Waals surface area (Å²) in [4.78, 5) is 25.9. The third kappa shape index (κ3) is 6.33. The van der Waals surface area contributed by atoms with E-state index in [1.165, 1.54) is 0 Å². The second-order valence-corrected chi connectivity index (χ2v) is 6.86. The molecule has 0 fully saturated rings. The quantitative estimate of drug-likeness (QED) is 0.752. The van der Waals surface area contributed by atoms with Crippen LogP contribution in [0.1, 0.15) is 18.5 Å². The topological polar surface area (TPSA) is 61.4 Å². The Balaban J connectivity index is 1.79. The minimum atomic E-state index is -0.241. The molecule has 7 heteroatoms. The van der Waals surface area contributed by atoms with Crippen LogP contribution in [0.4, 0.5) is 5.69 Å². The zero-order valence-electron chi connectivity index (χ0n) is 14.6. The zero-order chi connectivity index (χ0) is 19.1. The molecule has 2 N–H and O–H groups in total. The predicted molar refractivity (Wildman–Crippen MR) is 106 cm³/mol. The summed E-state index contributed by atoms with van der Waals surface area (Å²) < 4.78 is 0. The molecular weight excluding hydrogens is 373 g/mol. The van der Waals surface area contributed by atoms with Gasteiger partial charge in [0.05, 0.1) is 29.2 Å². The third-order valence-electron chi connectivity index (χ3n) is 3.71. The molecule has 2 aromatic rings. The number of carbonyl (C=O) groups is 2. The summed E-state index contributed by atoms with van der Waals surface area (Å²) in [5.41, 5.74) is 1.58. The molecule has 2 rings (SSSR count). The van der Waals surface area contributed by atoms with Crippen molar-refractivity contribution >= 4 is 40.7 Å². The van der Waals surface area contributed by atoms with Crippen molar-refractivity contribution in [1.29, 1.82) is 0 Å². The van der Waals surface area contributed by atoms with Crippen LogP contribution in [0, 0.1) is 0 Å². The number of nitrogens with zero attached hydrogens (tertiary/aromatic N) is 1. The molecule has 0 saturated heterocycles. The molecule has 0 aliphatic rings. The van der Waals surface area contributed by atoms with E-state index in [2.05, 4.69) is 10.6 Å². The highest BCUT2D eigenvalue weighted by atomic mass is 35.5. The van der Waals surface area contributed by atoms with Crippen LogP contribution >= 0.6 is 23.2 Å². The fourth-order valence-electron chi connectivity index (χ4n) is 2.43. The molecule has 0 unspecified atom stereocenters. The number of hydrogen-bond acceptors (Lipinski definition) is 3. The Hall–Kier alpha value is -2.08. The summed E-state index contributed by atoms with van der Waals surface area (Å²) in [6.45, 7) is 2.11. The summed E-state index contributed by atoms with van der Waals surface area (Å²) in [5, 5.41) is 6.43. The lowest BCUT2D eigenvalue weighted by atomic mass is 10.1. The van der Waals surface area contributed by atoms with Crippen LogP contribution in [-0.4, -0.2) is 36.9 Å². The van der Waals surface area contributed by atoms with E-state index < -0.39 is 0 Å². The van der Waals surface area contributed by atoms with Gasteiger partial charge in [-0.15, -0.1) is 0 Å². The summed E-state index contributed by atoms with van der Waals surface area (Å²) in [6, 6.07) is 14.5. The van der Waals surface area contributed by atoms with E-state index >= 15 is 0 Å². The highest BCUT2D eigenvalue weighted by Gasteiger charge is 2.14. The van der Waals surface area contributed by atoms with Gasteiger partial charge in [0.25, 0.3) is 0 Å². The van der Waals surface area contributed by atoms with E-state index in [0.717, 1.165) is 5.56 Å². The Morgan fingerprint density at radius 1 is 1.00 bits per heavy atom. The molecule has 2 amide bonds. The highest BCUT2D eigenvalue weighted by molar-refractivity contribution is 6.42. The van der Waals surface area contributed by atoms with Crippen molar-refractivity contribution in [3.05, 3.63) is 64.1 Å². The summed E-state index contributed by atoms with van der Waals surface area (Å²) in [5.74, 6) is -0.388. The first-order valence-electron chi connectivity index (χ1n) is 8.13. The van der Waals surface area contributed by atoms with Gasteiger partial charge in [0.2, 0.25) is 11.8 Å². The van der Waals surface area contributed by atoms with Crippen molar-refractivity contribution < 1.29 is 9.59 Å². The zero-order valence-corrected chi connectivity index (χ0v) is 16.1. The number of nitrogens with one attached hydrogen (secondary N) is 2. The van der Waals surface area contributed by atoms with Gasteiger partial charge in [0, 0.05) is 5.69 Å². The summed E-state index contributed by atoms with van der Waals surface area (Å²) in [6.07, 6.45) is 0. The maximum atomic E-state index is 12.1. The average molecular weight is 394 g/mol. The second kappa shape index (κ2) is 9.57. The Morgan fingerprint density at radius 3 is 2.31 bits per heavy atom. The molecule has 0 aliphatic carbocycles. The van der Waals surface area contributed by atoms with Crippen molar-refractivity contribution in [3.63, 3.8) is 0 Å². The molecule has 0 aliphatic heterocycles. The minimum Gasteiger partial charge on any atom is -0.348 e. The number of benzene rings is 2. The molecule has 0 bridgehead atoms. The molecule has 0 radical (unpaired) electrons. The minimum absolute atomic E-state index is 0.0768. The molecular formula is C19H21Cl2N3O2. The van der Waals surface area contributed by atoms with Crippen LogP contribution in [0.15, 0.2) is 48.5 Å². The van der Waals surface area contributed by atoms with Gasteiger partial charge in [-0.1, -0.05) is 53.5 Å². The van der Waals surface area contributed by atoms with E-state index in [9.17, 15) is 9.59 Å². The van der Waals surface area contributed by atoms with Gasteiger partial charge in [-0.3, -0.25) is 14.5 Å². The lowest BCUT2D eigenvalue weighted by molar-refractivity contribution is -0.123. The van der Waals surface area contributed by atoms with Gasteiger partial charge >= 0.3 is 0 Å². The number of hydrogen-bond donors (Lipinski definition) is 2. The largest absolute Gasteiger partial charge is 0.348 e. The molecule has 0 spiro atoms. The second-order valence-electron chi connectivity index (χ2n) is 6.05. The fourth-order valence-corrected chi connectivity index (χ4v) is 2.73. The van der Waals surface area contributed by atoms with Gasteiger partial charge in [0.1, 0.15) is 0 Å². The van der Waals surface area contributed by atoms with Crippen LogP contribution < -0.4 is 10.6 Å². The van der Waals surface area contributed by atoms with Gasteiger partial charge in [-0.05, 0) is 37.7 Å². The van der Waals surface area contributed by atoms with Crippen molar-refractivity contribution in [2.24, 2.45) is 0 Å². The van der Waals surface area contributed by atoms with Crippen LogP contribution in [0.25, 0.3) is 0 Å². The van der Waals surface area contributed by atoms with Crippen molar-refractivity contribution in [3.8, 4) is 0 Å². The lowest BCUT2D eigenvalue weighted by Gasteiger charge is -2.19. The first-order chi connectivity index (χ1) is 12.3. The normalized spacial score (nSPS) is 11.9. The smallest absolute Gasteiger partial charge is 0.238 e. The Bertz CT molecular complexity index is 769. The number of anilines is 1. The molecule has 1 atom stereocenters. The molecule has 2 aromatic carbocycles. The molecule has 0 saturated carbocycles. The Morgan fingerprint density at radius 2 is 1.65 bits per heavy atom. The van der Waals surface area contributed by atoms with Crippen molar-refractivity contribution in [1.82, 2.24) is 10.2 Å². The van der Waals surface area contributed by atoms with E-state index in [-0.39, 0.29) is 30.9 Å². The van der Waals surface area contributed by atoms with Gasteiger partial charge in [0.15, 0.2) is 0 Å². The molecule has 0 heterocycles. The van der Waals surface area contributed by atoms with Crippen LogP contribution in [0.3, 0.4) is 0 Å². The first-order valence-corrected chi connectivity index (χ1v) is 8.88. The number of likely N-dealkylation sites (N-methyl/N-ethyl adjacent to an activating group) is 1. The maximum Gasteiger partial charge on any atom is 0.238 e. The Kier molecular flexibility index (Phi) is 7.45. The van der Waals surface area contributed by atoms with E-state index in [0.29, 0.717) is 15.7 Å². The van der Waals surface area contributed by atoms with E-state index in [4.69, 9.17) is 23.2 Å². The summed E-state index contributed by atoms with van der Waals surface area (Å²) >= 11 is 11.8. The standard InChI is InChI=1S/C19H21Cl2N3O2/c1-13(14-6-4-3-5-7-14)22-18(25)11-24(2)12-19(26)23-15-8-9-16(20)17(21)10-15/h3-10,13H,11-12H2,1-2H3,(H,22,25)(H,23,26)/t13-/m0/s1. The highest BCUT2D eigenvalue weighted by Crippen LogP contribution is 2.24.